The maximum absolute atomic E-state index is 6.08. The van der Waals surface area contributed by atoms with Crippen LogP contribution in [0.5, 0.6) is 0 Å². The number of aromatic nitrogens is 4. The minimum absolute atomic E-state index is 0.0233. The number of morpholine rings is 1. The molecule has 8 nitrogen and oxygen atoms in total. The summed E-state index contributed by atoms with van der Waals surface area (Å²) >= 11 is 0. The van der Waals surface area contributed by atoms with Crippen LogP contribution in [0, 0.1) is 0 Å². The maximum atomic E-state index is 6.08. The first kappa shape index (κ1) is 16.5. The van der Waals surface area contributed by atoms with Crippen molar-refractivity contribution < 1.29 is 4.74 Å². The van der Waals surface area contributed by atoms with Gasteiger partial charge in [0.1, 0.15) is 0 Å². The smallest absolute Gasteiger partial charge is 0.227 e. The highest BCUT2D eigenvalue weighted by molar-refractivity contribution is 5.83. The van der Waals surface area contributed by atoms with Crippen molar-refractivity contribution in [3.05, 3.63) is 36.7 Å². The zero-order chi connectivity index (χ0) is 18.3. The summed E-state index contributed by atoms with van der Waals surface area (Å²) in [6, 6.07) is 7.65. The average Bonchev–Trinajstić information content (AvgIpc) is 3.12. The van der Waals surface area contributed by atoms with Gasteiger partial charge in [0.05, 0.1) is 23.9 Å². The average molecular weight is 365 g/mol. The molecule has 27 heavy (non-hydrogen) atoms. The van der Waals surface area contributed by atoms with Crippen LogP contribution in [0.4, 0.5) is 11.6 Å². The van der Waals surface area contributed by atoms with E-state index < -0.39 is 0 Å². The molecule has 0 aliphatic carbocycles. The van der Waals surface area contributed by atoms with Crippen molar-refractivity contribution in [2.75, 3.05) is 43.4 Å². The van der Waals surface area contributed by atoms with E-state index >= 15 is 0 Å². The van der Waals surface area contributed by atoms with Crippen LogP contribution < -0.4 is 16.0 Å². The number of nitrogens with zero attached hydrogens (tertiary/aromatic N) is 5. The largest absolute Gasteiger partial charge is 0.399 e. The van der Waals surface area contributed by atoms with E-state index in [4.69, 9.17) is 15.5 Å². The molecule has 1 spiro atoms. The van der Waals surface area contributed by atoms with Crippen LogP contribution in [0.3, 0.4) is 0 Å². The zero-order valence-corrected chi connectivity index (χ0v) is 15.1. The molecular weight excluding hydrogens is 342 g/mol. The number of nitrogens with two attached hydrogens (primary N) is 1. The molecular formula is C19H23N7O. The number of benzene rings is 1. The molecule has 4 heterocycles. The van der Waals surface area contributed by atoms with Crippen LogP contribution in [-0.4, -0.2) is 58.1 Å². The fourth-order valence-corrected chi connectivity index (χ4v) is 3.99. The van der Waals surface area contributed by atoms with Crippen molar-refractivity contribution in [2.24, 2.45) is 0 Å². The van der Waals surface area contributed by atoms with Crippen molar-refractivity contribution in [1.29, 1.82) is 0 Å². The Bertz CT molecular complexity index is 954. The predicted molar refractivity (Wildman–Crippen MR) is 104 cm³/mol. The van der Waals surface area contributed by atoms with E-state index in [0.29, 0.717) is 0 Å². The molecule has 0 amide bonds. The molecule has 2 fully saturated rings. The molecule has 140 valence electrons. The standard InChI is InChI=1S/C19H23N7O/c20-15-1-2-16-14(11-15)12-23-26(16)17-3-6-22-18(24-17)25-8-4-19(5-9-25)13-21-7-10-27-19/h1-3,6,11-12,21H,4-5,7-10,13,20H2. The lowest BCUT2D eigenvalue weighted by atomic mass is 9.90. The summed E-state index contributed by atoms with van der Waals surface area (Å²) in [6.45, 7) is 4.45. The zero-order valence-electron chi connectivity index (χ0n) is 15.1. The van der Waals surface area contributed by atoms with Crippen LogP contribution in [0.15, 0.2) is 36.7 Å². The predicted octanol–water partition coefficient (Wildman–Crippen LogP) is 1.36. The number of hydrogen-bond donors (Lipinski definition) is 2. The van der Waals surface area contributed by atoms with Crippen LogP contribution in [0.1, 0.15) is 12.8 Å². The van der Waals surface area contributed by atoms with Gasteiger partial charge in [0.25, 0.3) is 0 Å². The second-order valence-corrected chi connectivity index (χ2v) is 7.28. The number of hydrogen-bond acceptors (Lipinski definition) is 7. The molecule has 8 heteroatoms. The van der Waals surface area contributed by atoms with E-state index in [9.17, 15) is 0 Å². The van der Waals surface area contributed by atoms with E-state index in [1.165, 1.54) is 0 Å². The van der Waals surface area contributed by atoms with Gasteiger partial charge in [-0.25, -0.2) is 9.67 Å². The van der Waals surface area contributed by atoms with E-state index in [1.807, 2.05) is 35.1 Å². The second-order valence-electron chi connectivity index (χ2n) is 7.28. The lowest BCUT2D eigenvalue weighted by Crippen LogP contribution is -2.55. The molecule has 5 rings (SSSR count). The van der Waals surface area contributed by atoms with Gasteiger partial charge >= 0.3 is 0 Å². The highest BCUT2D eigenvalue weighted by Crippen LogP contribution is 2.29. The summed E-state index contributed by atoms with van der Waals surface area (Å²) in [4.78, 5) is 11.5. The lowest BCUT2D eigenvalue weighted by Gasteiger charge is -2.44. The molecule has 1 aromatic carbocycles. The first-order chi connectivity index (χ1) is 13.2. The van der Waals surface area contributed by atoms with E-state index in [0.717, 1.165) is 74.0 Å². The minimum atomic E-state index is -0.0233. The number of fused-ring (bicyclic) bond motifs is 1. The number of nitrogen functional groups attached to an aromatic ring is 1. The quantitative estimate of drug-likeness (QED) is 0.662. The summed E-state index contributed by atoms with van der Waals surface area (Å²) in [5.41, 5.74) is 7.55. The van der Waals surface area contributed by atoms with E-state index in [-0.39, 0.29) is 5.60 Å². The van der Waals surface area contributed by atoms with Crippen LogP contribution in [0.25, 0.3) is 16.7 Å². The van der Waals surface area contributed by atoms with Gasteiger partial charge < -0.3 is 20.7 Å². The Kier molecular flexibility index (Phi) is 3.95. The molecule has 2 saturated heterocycles. The van der Waals surface area contributed by atoms with Gasteiger partial charge in [-0.1, -0.05) is 0 Å². The van der Waals surface area contributed by atoms with Crippen molar-refractivity contribution in [3.8, 4) is 5.82 Å². The maximum Gasteiger partial charge on any atom is 0.227 e. The SMILES string of the molecule is Nc1ccc2c(cnn2-c2ccnc(N3CCC4(CC3)CNCCO4)n2)c1. The normalized spacial score (nSPS) is 19.6. The third-order valence-electron chi connectivity index (χ3n) is 5.53. The van der Waals surface area contributed by atoms with E-state index in [1.54, 1.807) is 6.20 Å². The van der Waals surface area contributed by atoms with Crippen LogP contribution in [-0.2, 0) is 4.74 Å². The van der Waals surface area contributed by atoms with Gasteiger partial charge in [0.2, 0.25) is 5.95 Å². The molecule has 0 radical (unpaired) electrons. The highest BCUT2D eigenvalue weighted by atomic mass is 16.5. The van der Waals surface area contributed by atoms with Crippen LogP contribution in [0.2, 0.25) is 0 Å². The Morgan fingerprint density at radius 3 is 2.89 bits per heavy atom. The first-order valence-corrected chi connectivity index (χ1v) is 9.39. The molecule has 3 aromatic rings. The summed E-state index contributed by atoms with van der Waals surface area (Å²) in [5.74, 6) is 1.50. The number of nitrogens with one attached hydrogen (secondary N) is 1. The molecule has 3 N–H and O–H groups in total. The van der Waals surface area contributed by atoms with E-state index in [2.05, 4.69) is 20.3 Å². The number of anilines is 2. The molecule has 0 unspecified atom stereocenters. The van der Waals surface area contributed by atoms with Gasteiger partial charge in [0, 0.05) is 49.5 Å². The molecule has 0 atom stereocenters. The van der Waals surface area contributed by atoms with Gasteiger partial charge in [-0.15, -0.1) is 0 Å². The molecule has 0 saturated carbocycles. The fourth-order valence-electron chi connectivity index (χ4n) is 3.99. The summed E-state index contributed by atoms with van der Waals surface area (Å²) in [6.07, 6.45) is 5.58. The Balaban J connectivity index is 1.39. The highest BCUT2D eigenvalue weighted by Gasteiger charge is 2.37. The Labute approximate surface area is 157 Å². The monoisotopic (exact) mass is 365 g/mol. The van der Waals surface area contributed by atoms with Crippen molar-refractivity contribution in [3.63, 3.8) is 0 Å². The molecule has 0 bridgehead atoms. The Morgan fingerprint density at radius 1 is 1.19 bits per heavy atom. The van der Waals surface area contributed by atoms with Crippen molar-refractivity contribution >= 4 is 22.5 Å². The molecule has 2 aliphatic rings. The van der Waals surface area contributed by atoms with Gasteiger partial charge in [-0.3, -0.25) is 0 Å². The Hall–Kier alpha value is -2.71. The number of rotatable bonds is 2. The minimum Gasteiger partial charge on any atom is -0.399 e. The third-order valence-corrected chi connectivity index (χ3v) is 5.53. The fraction of sp³-hybridized carbons (Fsp3) is 0.421. The number of piperidine rings is 1. The first-order valence-electron chi connectivity index (χ1n) is 9.39. The van der Waals surface area contributed by atoms with Crippen molar-refractivity contribution in [1.82, 2.24) is 25.1 Å². The van der Waals surface area contributed by atoms with Gasteiger partial charge in [0.15, 0.2) is 5.82 Å². The third kappa shape index (κ3) is 3.00. The summed E-state index contributed by atoms with van der Waals surface area (Å²) in [7, 11) is 0. The van der Waals surface area contributed by atoms with Crippen molar-refractivity contribution in [2.45, 2.75) is 18.4 Å². The number of ether oxygens (including phenoxy) is 1. The lowest BCUT2D eigenvalue weighted by molar-refractivity contribution is -0.0800. The van der Waals surface area contributed by atoms with Gasteiger partial charge in [-0.05, 0) is 31.0 Å². The molecule has 2 aromatic heterocycles. The molecule has 2 aliphatic heterocycles. The van der Waals surface area contributed by atoms with Crippen LogP contribution >= 0.6 is 0 Å². The topological polar surface area (TPSA) is 94.1 Å². The second kappa shape index (κ2) is 6.47. The summed E-state index contributed by atoms with van der Waals surface area (Å²) < 4.78 is 7.91. The summed E-state index contributed by atoms with van der Waals surface area (Å²) in [5, 5.41) is 8.94. The Morgan fingerprint density at radius 2 is 2.07 bits per heavy atom. The van der Waals surface area contributed by atoms with Gasteiger partial charge in [-0.2, -0.15) is 10.1 Å².